The summed E-state index contributed by atoms with van der Waals surface area (Å²) < 4.78 is 0. The van der Waals surface area contributed by atoms with Crippen LogP contribution in [0.25, 0.3) is 0 Å². The molecule has 0 heterocycles. The molecule has 88 valence electrons. The third-order valence-corrected chi connectivity index (χ3v) is 2.45. The number of amides is 1. The van der Waals surface area contributed by atoms with Crippen LogP contribution in [-0.4, -0.2) is 24.2 Å². The summed E-state index contributed by atoms with van der Waals surface area (Å²) in [6.07, 6.45) is 0. The number of nitrogens with one attached hydrogen (secondary N) is 1. The van der Waals surface area contributed by atoms with E-state index >= 15 is 0 Å². The van der Waals surface area contributed by atoms with Gasteiger partial charge in [-0.15, -0.1) is 0 Å². The van der Waals surface area contributed by atoms with Gasteiger partial charge in [0.25, 0.3) is 5.91 Å². The van der Waals surface area contributed by atoms with Gasteiger partial charge in [-0.1, -0.05) is 6.92 Å². The number of benzene rings is 1. The van der Waals surface area contributed by atoms with Crippen molar-refractivity contribution in [3.63, 3.8) is 0 Å². The molecule has 0 fully saturated rings. The second-order valence-electron chi connectivity index (χ2n) is 4.07. The Kier molecular flexibility index (Phi) is 4.31. The molecular weight excluding hydrogens is 204 g/mol. The van der Waals surface area contributed by atoms with E-state index in [1.54, 1.807) is 18.2 Å². The molecule has 0 saturated carbocycles. The Hall–Kier alpha value is -1.55. The number of rotatable bonds is 4. The molecule has 0 aliphatic rings. The van der Waals surface area contributed by atoms with Gasteiger partial charge in [-0.2, -0.15) is 0 Å². The standard InChI is InChI=1S/C12H18N2O2/c1-8(7-15)6-14-12(16)10-3-4-11(13)9(2)5-10/h3-5,8,15H,6-7,13H2,1-2H3,(H,14,16). The number of nitrogens with two attached hydrogens (primary N) is 1. The van der Waals surface area contributed by atoms with E-state index in [-0.39, 0.29) is 18.4 Å². The third kappa shape index (κ3) is 3.24. The van der Waals surface area contributed by atoms with Gasteiger partial charge in [-0.3, -0.25) is 4.79 Å². The van der Waals surface area contributed by atoms with Crippen molar-refractivity contribution in [2.75, 3.05) is 18.9 Å². The van der Waals surface area contributed by atoms with E-state index < -0.39 is 0 Å². The van der Waals surface area contributed by atoms with Crippen LogP contribution in [0.3, 0.4) is 0 Å². The van der Waals surface area contributed by atoms with Gasteiger partial charge in [0, 0.05) is 24.4 Å². The Bertz CT molecular complexity index is 377. The number of aliphatic hydroxyl groups is 1. The summed E-state index contributed by atoms with van der Waals surface area (Å²) >= 11 is 0. The molecule has 1 aromatic carbocycles. The molecule has 16 heavy (non-hydrogen) atoms. The van der Waals surface area contributed by atoms with Crippen molar-refractivity contribution in [1.29, 1.82) is 0 Å². The van der Waals surface area contributed by atoms with Crippen LogP contribution in [0.5, 0.6) is 0 Å². The maximum atomic E-state index is 11.7. The monoisotopic (exact) mass is 222 g/mol. The quantitative estimate of drug-likeness (QED) is 0.663. The fourth-order valence-corrected chi connectivity index (χ4v) is 1.25. The highest BCUT2D eigenvalue weighted by molar-refractivity contribution is 5.94. The molecule has 4 nitrogen and oxygen atoms in total. The summed E-state index contributed by atoms with van der Waals surface area (Å²) in [5, 5.41) is 11.6. The van der Waals surface area contributed by atoms with E-state index in [2.05, 4.69) is 5.32 Å². The van der Waals surface area contributed by atoms with Crippen LogP contribution < -0.4 is 11.1 Å². The fraction of sp³-hybridized carbons (Fsp3) is 0.417. The normalized spacial score (nSPS) is 12.2. The Morgan fingerprint density at radius 3 is 2.81 bits per heavy atom. The molecule has 0 aliphatic carbocycles. The van der Waals surface area contributed by atoms with Gasteiger partial charge in [0.1, 0.15) is 0 Å². The molecule has 0 radical (unpaired) electrons. The summed E-state index contributed by atoms with van der Waals surface area (Å²) in [5.41, 5.74) is 7.83. The molecule has 1 atom stereocenters. The smallest absolute Gasteiger partial charge is 0.251 e. The Morgan fingerprint density at radius 2 is 2.25 bits per heavy atom. The molecule has 1 unspecified atom stereocenters. The van der Waals surface area contributed by atoms with Crippen LogP contribution >= 0.6 is 0 Å². The van der Waals surface area contributed by atoms with Crippen molar-refractivity contribution in [3.05, 3.63) is 29.3 Å². The maximum Gasteiger partial charge on any atom is 0.251 e. The highest BCUT2D eigenvalue weighted by atomic mass is 16.3. The predicted octanol–water partition coefficient (Wildman–Crippen LogP) is 0.935. The summed E-state index contributed by atoms with van der Waals surface area (Å²) in [6.45, 7) is 4.27. The Balaban J connectivity index is 2.63. The number of carbonyl (C=O) groups is 1. The summed E-state index contributed by atoms with van der Waals surface area (Å²) in [6, 6.07) is 5.18. The maximum absolute atomic E-state index is 11.7. The lowest BCUT2D eigenvalue weighted by Crippen LogP contribution is -2.29. The number of aliphatic hydroxyl groups excluding tert-OH is 1. The van der Waals surface area contributed by atoms with E-state index in [4.69, 9.17) is 10.8 Å². The number of carbonyl (C=O) groups excluding carboxylic acids is 1. The Labute approximate surface area is 95.5 Å². The topological polar surface area (TPSA) is 75.3 Å². The predicted molar refractivity (Wildman–Crippen MR) is 64.2 cm³/mol. The van der Waals surface area contributed by atoms with Crippen molar-refractivity contribution in [3.8, 4) is 0 Å². The third-order valence-electron chi connectivity index (χ3n) is 2.45. The van der Waals surface area contributed by atoms with Crippen LogP contribution in [0.1, 0.15) is 22.8 Å². The van der Waals surface area contributed by atoms with Crippen molar-refractivity contribution in [1.82, 2.24) is 5.32 Å². The van der Waals surface area contributed by atoms with Gasteiger partial charge < -0.3 is 16.2 Å². The van der Waals surface area contributed by atoms with Gasteiger partial charge in [-0.05, 0) is 36.6 Å². The lowest BCUT2D eigenvalue weighted by molar-refractivity contribution is 0.0942. The van der Waals surface area contributed by atoms with E-state index in [0.717, 1.165) is 5.56 Å². The van der Waals surface area contributed by atoms with Crippen LogP contribution in [0.15, 0.2) is 18.2 Å². The summed E-state index contributed by atoms with van der Waals surface area (Å²) in [5.74, 6) is -0.0674. The lowest BCUT2D eigenvalue weighted by atomic mass is 10.1. The average Bonchev–Trinajstić information content (AvgIpc) is 2.29. The fourth-order valence-electron chi connectivity index (χ4n) is 1.25. The van der Waals surface area contributed by atoms with Gasteiger partial charge in [0.15, 0.2) is 0 Å². The van der Waals surface area contributed by atoms with Crippen molar-refractivity contribution >= 4 is 11.6 Å². The van der Waals surface area contributed by atoms with E-state index in [1.807, 2.05) is 13.8 Å². The van der Waals surface area contributed by atoms with Gasteiger partial charge in [0.05, 0.1) is 0 Å². The first-order chi connectivity index (χ1) is 7.54. The number of hydrogen-bond donors (Lipinski definition) is 3. The van der Waals surface area contributed by atoms with Crippen molar-refractivity contribution in [2.45, 2.75) is 13.8 Å². The molecule has 4 N–H and O–H groups in total. The van der Waals surface area contributed by atoms with E-state index in [1.165, 1.54) is 0 Å². The molecule has 4 heteroatoms. The van der Waals surface area contributed by atoms with Crippen LogP contribution in [0.4, 0.5) is 5.69 Å². The average molecular weight is 222 g/mol. The minimum Gasteiger partial charge on any atom is -0.399 e. The first kappa shape index (κ1) is 12.5. The highest BCUT2D eigenvalue weighted by Gasteiger charge is 2.08. The van der Waals surface area contributed by atoms with Crippen LogP contribution in [0.2, 0.25) is 0 Å². The van der Waals surface area contributed by atoms with Crippen LogP contribution in [0, 0.1) is 12.8 Å². The molecule has 0 spiro atoms. The Morgan fingerprint density at radius 1 is 1.56 bits per heavy atom. The molecule has 1 aromatic rings. The number of hydrogen-bond acceptors (Lipinski definition) is 3. The SMILES string of the molecule is Cc1cc(C(=O)NCC(C)CO)ccc1N. The second-order valence-corrected chi connectivity index (χ2v) is 4.07. The van der Waals surface area contributed by atoms with Gasteiger partial charge >= 0.3 is 0 Å². The number of aryl methyl sites for hydroxylation is 1. The molecular formula is C12H18N2O2. The zero-order chi connectivity index (χ0) is 12.1. The lowest BCUT2D eigenvalue weighted by Gasteiger charge is -2.10. The molecule has 0 saturated heterocycles. The minimum absolute atomic E-state index is 0.0684. The largest absolute Gasteiger partial charge is 0.399 e. The zero-order valence-electron chi connectivity index (χ0n) is 9.66. The number of anilines is 1. The van der Waals surface area contributed by atoms with Crippen molar-refractivity contribution in [2.24, 2.45) is 5.92 Å². The second kappa shape index (κ2) is 5.51. The van der Waals surface area contributed by atoms with E-state index in [0.29, 0.717) is 17.8 Å². The first-order valence-corrected chi connectivity index (χ1v) is 5.29. The summed E-state index contributed by atoms with van der Waals surface area (Å²) in [4.78, 5) is 11.7. The minimum atomic E-state index is -0.136. The molecule has 0 aliphatic heterocycles. The zero-order valence-corrected chi connectivity index (χ0v) is 9.66. The van der Waals surface area contributed by atoms with Crippen LogP contribution in [-0.2, 0) is 0 Å². The van der Waals surface area contributed by atoms with E-state index in [9.17, 15) is 4.79 Å². The van der Waals surface area contributed by atoms with Gasteiger partial charge in [0.2, 0.25) is 0 Å². The molecule has 0 aromatic heterocycles. The number of nitrogen functional groups attached to an aromatic ring is 1. The molecule has 1 rings (SSSR count). The molecule has 1 amide bonds. The summed E-state index contributed by atoms with van der Waals surface area (Å²) in [7, 11) is 0. The van der Waals surface area contributed by atoms with Crippen molar-refractivity contribution < 1.29 is 9.90 Å². The highest BCUT2D eigenvalue weighted by Crippen LogP contribution is 2.12. The van der Waals surface area contributed by atoms with Gasteiger partial charge in [-0.25, -0.2) is 0 Å². The molecule has 0 bridgehead atoms. The first-order valence-electron chi connectivity index (χ1n) is 5.29.